The van der Waals surface area contributed by atoms with Gasteiger partial charge < -0.3 is 9.64 Å². The molecular formula is C29H25ClFN3O3. The predicted molar refractivity (Wildman–Crippen MR) is 141 cm³/mol. The first-order valence-corrected chi connectivity index (χ1v) is 12.2. The number of amides is 1. The molecule has 188 valence electrons. The Morgan fingerprint density at radius 2 is 1.78 bits per heavy atom. The lowest BCUT2D eigenvalue weighted by Gasteiger charge is -2.26. The van der Waals surface area contributed by atoms with Crippen molar-refractivity contribution in [2.24, 2.45) is 7.05 Å². The summed E-state index contributed by atoms with van der Waals surface area (Å²) < 4.78 is 22.9. The van der Waals surface area contributed by atoms with Crippen LogP contribution in [-0.2, 0) is 24.9 Å². The zero-order valence-electron chi connectivity index (χ0n) is 20.4. The van der Waals surface area contributed by atoms with Gasteiger partial charge in [-0.15, -0.1) is 0 Å². The summed E-state index contributed by atoms with van der Waals surface area (Å²) in [5.41, 5.74) is 3.56. The van der Waals surface area contributed by atoms with Crippen LogP contribution in [0.3, 0.4) is 0 Å². The van der Waals surface area contributed by atoms with Crippen LogP contribution in [-0.4, -0.2) is 26.8 Å². The number of carbonyl (C=O) groups excluding carboxylic acids is 1. The molecule has 0 radical (unpaired) electrons. The van der Waals surface area contributed by atoms with Crippen molar-refractivity contribution in [3.8, 4) is 11.4 Å². The van der Waals surface area contributed by atoms with Crippen molar-refractivity contribution >= 4 is 23.6 Å². The second-order valence-corrected chi connectivity index (χ2v) is 9.34. The highest BCUT2D eigenvalue weighted by molar-refractivity contribution is 6.31. The summed E-state index contributed by atoms with van der Waals surface area (Å²) in [6, 6.07) is 20.9. The van der Waals surface area contributed by atoms with E-state index in [-0.39, 0.29) is 36.2 Å². The van der Waals surface area contributed by atoms with Gasteiger partial charge in [-0.2, -0.15) is 0 Å². The van der Waals surface area contributed by atoms with Gasteiger partial charge in [0.1, 0.15) is 18.2 Å². The van der Waals surface area contributed by atoms with E-state index >= 15 is 0 Å². The summed E-state index contributed by atoms with van der Waals surface area (Å²) in [7, 11) is 1.81. The minimum atomic E-state index is -0.462. The number of benzene rings is 3. The van der Waals surface area contributed by atoms with Gasteiger partial charge in [0.05, 0.1) is 23.4 Å². The van der Waals surface area contributed by atoms with E-state index in [2.05, 4.69) is 0 Å². The fraction of sp³-hybridized carbons (Fsp3) is 0.172. The second kappa shape index (κ2) is 10.1. The molecular weight excluding hydrogens is 493 g/mol. The first-order chi connectivity index (χ1) is 17.8. The molecule has 0 unspecified atom stereocenters. The fourth-order valence-electron chi connectivity index (χ4n) is 4.49. The Hall–Kier alpha value is -4.10. The lowest BCUT2D eigenvalue weighted by Crippen LogP contribution is -2.35. The molecule has 0 aliphatic carbocycles. The molecule has 0 fully saturated rings. The van der Waals surface area contributed by atoms with Gasteiger partial charge in [0.15, 0.2) is 0 Å². The quantitative estimate of drug-likeness (QED) is 0.349. The largest absolute Gasteiger partial charge is 0.488 e. The van der Waals surface area contributed by atoms with Crippen LogP contribution in [0.15, 0.2) is 83.2 Å². The molecule has 0 saturated carbocycles. The van der Waals surface area contributed by atoms with Gasteiger partial charge in [-0.25, -0.2) is 9.07 Å². The van der Waals surface area contributed by atoms with Gasteiger partial charge in [0.25, 0.3) is 11.5 Å². The van der Waals surface area contributed by atoms with E-state index in [0.717, 1.165) is 16.9 Å². The van der Waals surface area contributed by atoms with Crippen LogP contribution in [0.4, 0.5) is 4.39 Å². The number of hydrogen-bond donors (Lipinski definition) is 0. The number of fused-ring (bicyclic) bond motifs is 1. The molecule has 1 amide bonds. The molecule has 2 heterocycles. The molecule has 5 rings (SSSR count). The third kappa shape index (κ3) is 4.82. The van der Waals surface area contributed by atoms with Crippen molar-refractivity contribution in [1.29, 1.82) is 0 Å². The van der Waals surface area contributed by atoms with Gasteiger partial charge in [0.2, 0.25) is 0 Å². The number of carbonyl (C=O) groups is 1. The monoisotopic (exact) mass is 517 g/mol. The topological polar surface area (TPSA) is 56.5 Å². The van der Waals surface area contributed by atoms with Gasteiger partial charge in [-0.1, -0.05) is 54.1 Å². The van der Waals surface area contributed by atoms with E-state index < -0.39 is 5.82 Å². The molecule has 0 atom stereocenters. The lowest BCUT2D eigenvalue weighted by molar-refractivity contribution is -0.128. The Labute approximate surface area is 218 Å². The molecule has 6 nitrogen and oxygen atoms in total. The molecule has 0 N–H and O–H groups in total. The fourth-order valence-corrected chi connectivity index (χ4v) is 4.72. The van der Waals surface area contributed by atoms with E-state index in [1.165, 1.54) is 12.1 Å². The normalized spacial score (nSPS) is 12.5. The number of rotatable bonds is 6. The van der Waals surface area contributed by atoms with E-state index in [0.29, 0.717) is 22.4 Å². The Morgan fingerprint density at radius 3 is 2.54 bits per heavy atom. The van der Waals surface area contributed by atoms with Crippen molar-refractivity contribution in [1.82, 2.24) is 14.3 Å². The van der Waals surface area contributed by atoms with Crippen LogP contribution in [0.1, 0.15) is 22.4 Å². The maximum Gasteiger partial charge on any atom is 0.276 e. The van der Waals surface area contributed by atoms with Gasteiger partial charge in [-0.05, 0) is 48.9 Å². The summed E-state index contributed by atoms with van der Waals surface area (Å²) >= 11 is 6.32. The Bertz CT molecular complexity index is 1570. The molecule has 1 aliphatic rings. The van der Waals surface area contributed by atoms with Crippen LogP contribution >= 0.6 is 11.6 Å². The zero-order chi connectivity index (χ0) is 26.1. The average molecular weight is 518 g/mol. The summed E-state index contributed by atoms with van der Waals surface area (Å²) in [5.74, 6) is -0.0445. The molecule has 8 heteroatoms. The minimum Gasteiger partial charge on any atom is -0.488 e. The molecule has 0 spiro atoms. The number of halogens is 2. The van der Waals surface area contributed by atoms with E-state index in [9.17, 15) is 14.0 Å². The second-order valence-electron chi connectivity index (χ2n) is 8.93. The van der Waals surface area contributed by atoms with E-state index in [4.69, 9.17) is 16.3 Å². The number of ether oxygens (including phenoxy) is 1. The van der Waals surface area contributed by atoms with E-state index in [1.807, 2.05) is 68.6 Å². The summed E-state index contributed by atoms with van der Waals surface area (Å²) in [4.78, 5) is 28.9. The summed E-state index contributed by atoms with van der Waals surface area (Å²) in [6.07, 6.45) is 1.81. The number of para-hydroxylation sites is 2. The molecule has 3 aromatic carbocycles. The smallest absolute Gasteiger partial charge is 0.276 e. The van der Waals surface area contributed by atoms with Crippen molar-refractivity contribution in [2.75, 3.05) is 6.61 Å². The maximum atomic E-state index is 13.8. The lowest BCUT2D eigenvalue weighted by atomic mass is 10.1. The minimum absolute atomic E-state index is 0.0455. The summed E-state index contributed by atoms with van der Waals surface area (Å²) in [6.45, 7) is 2.09. The van der Waals surface area contributed by atoms with Crippen LogP contribution in [0.2, 0.25) is 5.02 Å². The molecule has 1 aliphatic heterocycles. The predicted octanol–water partition coefficient (Wildman–Crippen LogP) is 5.28. The maximum absolute atomic E-state index is 13.8. The Morgan fingerprint density at radius 1 is 1.05 bits per heavy atom. The molecule has 4 aromatic rings. The highest BCUT2D eigenvalue weighted by Gasteiger charge is 2.26. The highest BCUT2D eigenvalue weighted by Crippen LogP contribution is 2.28. The SMILES string of the molecule is Cc1c(CN(Cc2ccc(F)cc2Cl)C(=O)C2=Cc3ccccc3OC2)c(=O)n(-c2ccccc2)n1C. The first-order valence-electron chi connectivity index (χ1n) is 11.8. The summed E-state index contributed by atoms with van der Waals surface area (Å²) in [5, 5.41) is 0.212. The van der Waals surface area contributed by atoms with Gasteiger partial charge in [0, 0.05) is 29.9 Å². The molecule has 0 bridgehead atoms. The van der Waals surface area contributed by atoms with Crippen LogP contribution < -0.4 is 10.3 Å². The number of hydrogen-bond acceptors (Lipinski definition) is 3. The standard InChI is InChI=1S/C29H25ClFN3O3/c1-19-25(29(36)34(32(19)2)24-9-4-3-5-10-24)17-33(16-21-12-13-23(31)15-26(21)30)28(35)22-14-20-8-6-7-11-27(20)37-18-22/h3-15H,16-18H2,1-2H3. The Balaban J connectivity index is 1.55. The Kier molecular flexibility index (Phi) is 6.72. The molecule has 1 aromatic heterocycles. The van der Waals surface area contributed by atoms with Gasteiger partial charge >= 0.3 is 0 Å². The van der Waals surface area contributed by atoms with Crippen molar-refractivity contribution in [3.05, 3.63) is 122 Å². The van der Waals surface area contributed by atoms with Crippen molar-refractivity contribution in [2.45, 2.75) is 20.0 Å². The number of nitrogens with zero attached hydrogens (tertiary/aromatic N) is 3. The van der Waals surface area contributed by atoms with Gasteiger partial charge in [-0.3, -0.25) is 14.3 Å². The van der Waals surface area contributed by atoms with E-state index in [1.54, 1.807) is 26.4 Å². The van der Waals surface area contributed by atoms with Crippen molar-refractivity contribution in [3.63, 3.8) is 0 Å². The molecule has 37 heavy (non-hydrogen) atoms. The molecule has 0 saturated heterocycles. The first kappa shape index (κ1) is 24.6. The number of aromatic nitrogens is 2. The van der Waals surface area contributed by atoms with Crippen molar-refractivity contribution < 1.29 is 13.9 Å². The average Bonchev–Trinajstić information content (AvgIpc) is 3.12. The third-order valence-corrected chi connectivity index (χ3v) is 6.94. The van der Waals surface area contributed by atoms with Crippen LogP contribution in [0.5, 0.6) is 5.75 Å². The highest BCUT2D eigenvalue weighted by atomic mass is 35.5. The third-order valence-electron chi connectivity index (χ3n) is 6.59. The zero-order valence-corrected chi connectivity index (χ0v) is 21.2. The van der Waals surface area contributed by atoms with Crippen LogP contribution in [0, 0.1) is 12.7 Å². The van der Waals surface area contributed by atoms with Crippen LogP contribution in [0.25, 0.3) is 11.8 Å².